The molecule has 0 saturated carbocycles. The maximum Gasteiger partial charge on any atom is 0.237 e. The first kappa shape index (κ1) is 23.6. The monoisotopic (exact) mass is 437 g/mol. The molecule has 1 aromatic heterocycles. The predicted octanol–water partition coefficient (Wildman–Crippen LogP) is 5.14. The van der Waals surface area contributed by atoms with Gasteiger partial charge in [-0.05, 0) is 43.5 Å². The minimum absolute atomic E-state index is 0.149. The van der Waals surface area contributed by atoms with Crippen molar-refractivity contribution in [3.8, 4) is 11.3 Å². The van der Waals surface area contributed by atoms with E-state index in [-0.39, 0.29) is 46.8 Å². The van der Waals surface area contributed by atoms with E-state index in [0.29, 0.717) is 17.7 Å². The number of aliphatic hydroxyl groups is 2. The Morgan fingerprint density at radius 3 is 2.30 bits per heavy atom. The number of anilines is 1. The van der Waals surface area contributed by atoms with Gasteiger partial charge < -0.3 is 10.2 Å². The van der Waals surface area contributed by atoms with Crippen LogP contribution in [-0.4, -0.2) is 34.4 Å². The molecular formula is C21H28FN3O4S. The Labute approximate surface area is 176 Å². The van der Waals surface area contributed by atoms with Gasteiger partial charge in [0.25, 0.3) is 0 Å². The topological polar surface area (TPSA) is 112 Å². The molecule has 0 spiro atoms. The van der Waals surface area contributed by atoms with Crippen LogP contribution in [0.2, 0.25) is 0 Å². The van der Waals surface area contributed by atoms with Crippen LogP contribution in [0.4, 0.5) is 10.3 Å². The SMILES string of the molecule is CCCC/C(O)=C(\O)c1c(-c2ccc(F)cc2)nc(NS(=O)(=O)CC)nc1C(C)C. The van der Waals surface area contributed by atoms with E-state index < -0.39 is 15.8 Å². The minimum Gasteiger partial charge on any atom is -0.508 e. The highest BCUT2D eigenvalue weighted by atomic mass is 32.2. The number of nitrogens with one attached hydrogen (secondary N) is 1. The zero-order valence-corrected chi connectivity index (χ0v) is 18.4. The lowest BCUT2D eigenvalue weighted by atomic mass is 9.96. The lowest BCUT2D eigenvalue weighted by Crippen LogP contribution is -2.18. The van der Waals surface area contributed by atoms with E-state index >= 15 is 0 Å². The molecule has 1 heterocycles. The number of hydrogen-bond donors (Lipinski definition) is 3. The molecule has 0 aliphatic rings. The summed E-state index contributed by atoms with van der Waals surface area (Å²) in [5.41, 5.74) is 1.20. The van der Waals surface area contributed by atoms with E-state index in [4.69, 9.17) is 0 Å². The van der Waals surface area contributed by atoms with E-state index in [1.807, 2.05) is 20.8 Å². The van der Waals surface area contributed by atoms with Gasteiger partial charge in [0.15, 0.2) is 5.76 Å². The van der Waals surface area contributed by atoms with Crippen LogP contribution in [0.15, 0.2) is 30.0 Å². The van der Waals surface area contributed by atoms with Crippen LogP contribution >= 0.6 is 0 Å². The van der Waals surface area contributed by atoms with Crippen LogP contribution in [0.3, 0.4) is 0 Å². The average Bonchev–Trinajstić information content (AvgIpc) is 2.71. The molecule has 0 atom stereocenters. The summed E-state index contributed by atoms with van der Waals surface area (Å²) < 4.78 is 39.9. The smallest absolute Gasteiger partial charge is 0.237 e. The molecule has 3 N–H and O–H groups in total. The fourth-order valence-electron chi connectivity index (χ4n) is 2.81. The Balaban J connectivity index is 2.81. The van der Waals surface area contributed by atoms with Crippen LogP contribution in [0.25, 0.3) is 17.0 Å². The Morgan fingerprint density at radius 1 is 1.13 bits per heavy atom. The lowest BCUT2D eigenvalue weighted by molar-refractivity contribution is 0.356. The van der Waals surface area contributed by atoms with E-state index in [9.17, 15) is 23.0 Å². The van der Waals surface area contributed by atoms with Gasteiger partial charge in [-0.2, -0.15) is 0 Å². The second-order valence-electron chi connectivity index (χ2n) is 7.22. The predicted molar refractivity (Wildman–Crippen MR) is 116 cm³/mol. The largest absolute Gasteiger partial charge is 0.508 e. The molecule has 9 heteroatoms. The van der Waals surface area contributed by atoms with E-state index in [1.54, 1.807) is 0 Å². The normalized spacial score (nSPS) is 12.7. The summed E-state index contributed by atoms with van der Waals surface area (Å²) in [4.78, 5) is 8.62. The van der Waals surface area contributed by atoms with Gasteiger partial charge in [-0.1, -0.05) is 27.2 Å². The maximum atomic E-state index is 13.5. The average molecular weight is 438 g/mol. The number of aromatic nitrogens is 2. The van der Waals surface area contributed by atoms with Crippen molar-refractivity contribution in [2.45, 2.75) is 52.9 Å². The van der Waals surface area contributed by atoms with Crippen molar-refractivity contribution >= 4 is 21.7 Å². The van der Waals surface area contributed by atoms with Gasteiger partial charge in [-0.25, -0.2) is 22.8 Å². The first-order chi connectivity index (χ1) is 14.1. The van der Waals surface area contributed by atoms with Crippen molar-refractivity contribution < 1.29 is 23.0 Å². The summed E-state index contributed by atoms with van der Waals surface area (Å²) in [5, 5.41) is 21.3. The Hall–Kier alpha value is -2.68. The number of allylic oxidation sites excluding steroid dienone is 1. The van der Waals surface area contributed by atoms with Crippen molar-refractivity contribution in [3.05, 3.63) is 47.1 Å². The van der Waals surface area contributed by atoms with Gasteiger partial charge in [0, 0.05) is 12.0 Å². The Bertz CT molecular complexity index is 1020. The highest BCUT2D eigenvalue weighted by molar-refractivity contribution is 7.92. The third-order valence-electron chi connectivity index (χ3n) is 4.51. The molecule has 30 heavy (non-hydrogen) atoms. The molecule has 0 aliphatic heterocycles. The van der Waals surface area contributed by atoms with Crippen LogP contribution in [0.5, 0.6) is 0 Å². The van der Waals surface area contributed by atoms with Crippen LogP contribution < -0.4 is 4.72 Å². The fraction of sp³-hybridized carbons (Fsp3) is 0.429. The Kier molecular flexibility index (Phi) is 7.77. The summed E-state index contributed by atoms with van der Waals surface area (Å²) in [5.74, 6) is -1.55. The molecule has 0 aliphatic carbocycles. The summed E-state index contributed by atoms with van der Waals surface area (Å²) in [7, 11) is -3.64. The molecule has 0 saturated heterocycles. The highest BCUT2D eigenvalue weighted by Crippen LogP contribution is 2.35. The van der Waals surface area contributed by atoms with Gasteiger partial charge >= 0.3 is 0 Å². The van der Waals surface area contributed by atoms with Crippen molar-refractivity contribution in [3.63, 3.8) is 0 Å². The van der Waals surface area contributed by atoms with Crippen LogP contribution in [0.1, 0.15) is 64.1 Å². The van der Waals surface area contributed by atoms with E-state index in [1.165, 1.54) is 31.2 Å². The van der Waals surface area contributed by atoms with Crippen molar-refractivity contribution in [2.75, 3.05) is 10.5 Å². The second-order valence-corrected chi connectivity index (χ2v) is 9.23. The number of halogens is 1. The van der Waals surface area contributed by atoms with Gasteiger partial charge in [0.1, 0.15) is 11.6 Å². The number of hydrogen-bond acceptors (Lipinski definition) is 6. The third-order valence-corrected chi connectivity index (χ3v) is 5.76. The van der Waals surface area contributed by atoms with Crippen molar-refractivity contribution in [1.29, 1.82) is 0 Å². The molecule has 164 valence electrons. The fourth-order valence-corrected chi connectivity index (χ4v) is 3.32. The van der Waals surface area contributed by atoms with Gasteiger partial charge in [-0.3, -0.25) is 4.72 Å². The molecule has 2 aromatic rings. The number of sulfonamides is 1. The third kappa shape index (κ3) is 5.69. The molecule has 0 radical (unpaired) electrons. The van der Waals surface area contributed by atoms with Gasteiger partial charge in [-0.15, -0.1) is 0 Å². The first-order valence-electron chi connectivity index (χ1n) is 9.89. The first-order valence-corrected chi connectivity index (χ1v) is 11.5. The lowest BCUT2D eigenvalue weighted by Gasteiger charge is -2.18. The van der Waals surface area contributed by atoms with E-state index in [0.717, 1.165) is 6.42 Å². The Morgan fingerprint density at radius 2 is 1.77 bits per heavy atom. The van der Waals surface area contributed by atoms with Crippen LogP contribution in [0, 0.1) is 5.82 Å². The molecule has 7 nitrogen and oxygen atoms in total. The number of benzene rings is 1. The standard InChI is InChI=1S/C21H28FN3O4S/c1-5-7-8-16(26)20(27)17-18(13(3)4)23-21(25-30(28,29)6-2)24-19(17)14-9-11-15(22)12-10-14/h9-13,26-27H,5-8H2,1-4H3,(H,23,24,25)/b20-16+. The van der Waals surface area contributed by atoms with Gasteiger partial charge in [0.2, 0.25) is 16.0 Å². The summed E-state index contributed by atoms with van der Waals surface area (Å²) in [6, 6.07) is 5.42. The number of unbranched alkanes of at least 4 members (excludes halogenated alkanes) is 1. The molecule has 0 fully saturated rings. The number of nitrogens with zero attached hydrogens (tertiary/aromatic N) is 2. The summed E-state index contributed by atoms with van der Waals surface area (Å²) in [6.07, 6.45) is 1.77. The number of rotatable bonds is 9. The maximum absolute atomic E-state index is 13.5. The zero-order valence-electron chi connectivity index (χ0n) is 17.6. The second kappa shape index (κ2) is 9.88. The molecule has 2 rings (SSSR count). The molecule has 0 bridgehead atoms. The molecular weight excluding hydrogens is 409 g/mol. The van der Waals surface area contributed by atoms with Crippen molar-refractivity contribution in [2.24, 2.45) is 0 Å². The summed E-state index contributed by atoms with van der Waals surface area (Å²) >= 11 is 0. The van der Waals surface area contributed by atoms with Crippen molar-refractivity contribution in [1.82, 2.24) is 9.97 Å². The zero-order chi connectivity index (χ0) is 22.5. The molecule has 0 unspecified atom stereocenters. The quantitative estimate of drug-likeness (QED) is 0.468. The highest BCUT2D eigenvalue weighted by Gasteiger charge is 2.24. The molecule has 1 aromatic carbocycles. The minimum atomic E-state index is -3.64. The summed E-state index contributed by atoms with van der Waals surface area (Å²) in [6.45, 7) is 7.11. The van der Waals surface area contributed by atoms with Crippen LogP contribution in [-0.2, 0) is 10.0 Å². The van der Waals surface area contributed by atoms with Gasteiger partial charge in [0.05, 0.1) is 22.7 Å². The number of aliphatic hydroxyl groups excluding tert-OH is 2. The molecule has 0 amide bonds. The van der Waals surface area contributed by atoms with E-state index in [2.05, 4.69) is 14.7 Å².